The molecule has 1 heteroatoms. The summed E-state index contributed by atoms with van der Waals surface area (Å²) in [5, 5.41) is 0. The summed E-state index contributed by atoms with van der Waals surface area (Å²) in [5.41, 5.74) is 4.93. The van der Waals surface area contributed by atoms with Gasteiger partial charge in [0.05, 0.1) is 0 Å². The number of benzene rings is 2. The van der Waals surface area contributed by atoms with E-state index in [0.29, 0.717) is 0 Å². The Kier molecular flexibility index (Phi) is 2.10. The van der Waals surface area contributed by atoms with E-state index in [1.54, 1.807) is 0 Å². The lowest BCUT2D eigenvalue weighted by Gasteiger charge is -2.05. The van der Waals surface area contributed by atoms with Crippen LogP contribution in [0.4, 0.5) is 4.39 Å². The third-order valence-corrected chi connectivity index (χ3v) is 2.99. The lowest BCUT2D eigenvalue weighted by atomic mass is 9.99. The number of halogens is 1. The second-order valence-corrected chi connectivity index (χ2v) is 3.99. The molecular weight excluding hydrogens is 199 g/mol. The summed E-state index contributed by atoms with van der Waals surface area (Å²) >= 11 is 0. The molecule has 0 saturated carbocycles. The first-order valence-electron chi connectivity index (χ1n) is 5.39. The molecule has 2 aromatic rings. The average Bonchev–Trinajstić information content (AvgIpc) is 2.74. The Morgan fingerprint density at radius 3 is 2.44 bits per heavy atom. The molecule has 0 unspecified atom stereocenters. The van der Waals surface area contributed by atoms with E-state index in [4.69, 9.17) is 0 Å². The Balaban J connectivity index is 2.07. The van der Waals surface area contributed by atoms with Gasteiger partial charge in [-0.3, -0.25) is 0 Å². The molecule has 0 atom stereocenters. The van der Waals surface area contributed by atoms with Gasteiger partial charge in [0.15, 0.2) is 0 Å². The Bertz CT molecular complexity index is 550. The summed E-state index contributed by atoms with van der Waals surface area (Å²) in [4.78, 5) is 0. The van der Waals surface area contributed by atoms with Crippen molar-refractivity contribution >= 4 is 5.57 Å². The van der Waals surface area contributed by atoms with Gasteiger partial charge >= 0.3 is 0 Å². The quantitative estimate of drug-likeness (QED) is 0.671. The van der Waals surface area contributed by atoms with Crippen LogP contribution in [0.15, 0.2) is 54.6 Å². The van der Waals surface area contributed by atoms with E-state index in [1.807, 2.05) is 18.2 Å². The molecule has 0 nitrogen and oxygen atoms in total. The first-order chi connectivity index (χ1) is 7.84. The summed E-state index contributed by atoms with van der Waals surface area (Å²) < 4.78 is 12.9. The number of fused-ring (bicyclic) bond motifs is 1. The largest absolute Gasteiger partial charge is 0.207 e. The Labute approximate surface area is 94.1 Å². The van der Waals surface area contributed by atoms with Crippen molar-refractivity contribution in [1.82, 2.24) is 0 Å². The van der Waals surface area contributed by atoms with Crippen LogP contribution in [0.3, 0.4) is 0 Å². The maximum absolute atomic E-state index is 12.9. The normalized spacial score (nSPS) is 13.4. The van der Waals surface area contributed by atoms with E-state index < -0.39 is 0 Å². The van der Waals surface area contributed by atoms with Gasteiger partial charge in [-0.2, -0.15) is 0 Å². The van der Waals surface area contributed by atoms with Crippen molar-refractivity contribution < 1.29 is 4.39 Å². The lowest BCUT2D eigenvalue weighted by Crippen LogP contribution is -1.86. The Morgan fingerprint density at radius 1 is 0.875 bits per heavy atom. The highest BCUT2D eigenvalue weighted by atomic mass is 19.1. The average molecular weight is 210 g/mol. The molecule has 0 saturated heterocycles. The zero-order valence-electron chi connectivity index (χ0n) is 8.78. The standard InChI is InChI=1S/C15H11F/c16-13-8-5-12(6-9-13)15-10-7-11-3-1-2-4-14(11)15/h1-6,8-10H,7H2. The van der Waals surface area contributed by atoms with Gasteiger partial charge in [-0.25, -0.2) is 4.39 Å². The zero-order chi connectivity index (χ0) is 11.0. The van der Waals surface area contributed by atoms with E-state index in [0.717, 1.165) is 12.0 Å². The molecule has 0 spiro atoms. The third kappa shape index (κ3) is 1.45. The summed E-state index contributed by atoms with van der Waals surface area (Å²) in [5.74, 6) is -0.185. The highest BCUT2D eigenvalue weighted by Crippen LogP contribution is 2.32. The van der Waals surface area contributed by atoms with E-state index in [-0.39, 0.29) is 5.82 Å². The van der Waals surface area contributed by atoms with Gasteiger partial charge in [0.25, 0.3) is 0 Å². The van der Waals surface area contributed by atoms with Crippen molar-refractivity contribution in [3.8, 4) is 0 Å². The first-order valence-corrected chi connectivity index (χ1v) is 5.39. The molecule has 0 fully saturated rings. The van der Waals surface area contributed by atoms with Crippen LogP contribution < -0.4 is 0 Å². The van der Waals surface area contributed by atoms with Gasteiger partial charge in [-0.15, -0.1) is 0 Å². The van der Waals surface area contributed by atoms with Crippen molar-refractivity contribution in [2.24, 2.45) is 0 Å². The first kappa shape index (κ1) is 9.34. The van der Waals surface area contributed by atoms with E-state index in [2.05, 4.69) is 24.3 Å². The minimum absolute atomic E-state index is 0.185. The third-order valence-electron chi connectivity index (χ3n) is 2.99. The molecule has 0 N–H and O–H groups in total. The van der Waals surface area contributed by atoms with Crippen molar-refractivity contribution in [2.45, 2.75) is 6.42 Å². The molecule has 1 aliphatic carbocycles. The van der Waals surface area contributed by atoms with Gasteiger partial charge in [0.2, 0.25) is 0 Å². The minimum atomic E-state index is -0.185. The SMILES string of the molecule is Fc1ccc(C2=CCc3ccccc32)cc1. The van der Waals surface area contributed by atoms with Crippen molar-refractivity contribution in [3.05, 3.63) is 77.1 Å². The van der Waals surface area contributed by atoms with E-state index in [9.17, 15) is 4.39 Å². The maximum atomic E-state index is 12.9. The molecule has 16 heavy (non-hydrogen) atoms. The van der Waals surface area contributed by atoms with E-state index >= 15 is 0 Å². The van der Waals surface area contributed by atoms with Crippen molar-refractivity contribution in [1.29, 1.82) is 0 Å². The topological polar surface area (TPSA) is 0 Å². The number of hydrogen-bond donors (Lipinski definition) is 0. The summed E-state index contributed by atoms with van der Waals surface area (Å²) in [7, 11) is 0. The fourth-order valence-electron chi connectivity index (χ4n) is 2.19. The molecule has 0 bridgehead atoms. The number of allylic oxidation sites excluding steroid dienone is 1. The van der Waals surface area contributed by atoms with Crippen molar-refractivity contribution in [2.75, 3.05) is 0 Å². The van der Waals surface area contributed by atoms with Crippen LogP contribution in [0.5, 0.6) is 0 Å². The summed E-state index contributed by atoms with van der Waals surface area (Å²) in [6.07, 6.45) is 3.18. The number of rotatable bonds is 1. The van der Waals surface area contributed by atoms with E-state index in [1.165, 1.54) is 28.8 Å². The summed E-state index contributed by atoms with van der Waals surface area (Å²) in [6, 6.07) is 15.1. The second-order valence-electron chi connectivity index (χ2n) is 3.99. The molecule has 1 aliphatic rings. The van der Waals surface area contributed by atoms with Gasteiger partial charge < -0.3 is 0 Å². The number of hydrogen-bond acceptors (Lipinski definition) is 0. The molecule has 0 radical (unpaired) electrons. The molecule has 0 aliphatic heterocycles. The fraction of sp³-hybridized carbons (Fsp3) is 0.0667. The van der Waals surface area contributed by atoms with Crippen LogP contribution in [-0.4, -0.2) is 0 Å². The van der Waals surface area contributed by atoms with Crippen LogP contribution in [0.1, 0.15) is 16.7 Å². The molecule has 2 aromatic carbocycles. The summed E-state index contributed by atoms with van der Waals surface area (Å²) in [6.45, 7) is 0. The van der Waals surface area contributed by atoms with Gasteiger partial charge in [0, 0.05) is 0 Å². The highest BCUT2D eigenvalue weighted by Gasteiger charge is 2.14. The smallest absolute Gasteiger partial charge is 0.123 e. The minimum Gasteiger partial charge on any atom is -0.207 e. The predicted molar refractivity (Wildman–Crippen MR) is 63.6 cm³/mol. The monoisotopic (exact) mass is 210 g/mol. The van der Waals surface area contributed by atoms with Gasteiger partial charge in [0.1, 0.15) is 5.82 Å². The maximum Gasteiger partial charge on any atom is 0.123 e. The molecule has 3 rings (SSSR count). The lowest BCUT2D eigenvalue weighted by molar-refractivity contribution is 0.627. The Morgan fingerprint density at radius 2 is 1.62 bits per heavy atom. The van der Waals surface area contributed by atoms with Crippen LogP contribution in [-0.2, 0) is 6.42 Å². The predicted octanol–water partition coefficient (Wildman–Crippen LogP) is 3.81. The van der Waals surface area contributed by atoms with Crippen molar-refractivity contribution in [3.63, 3.8) is 0 Å². The molecule has 0 amide bonds. The fourth-order valence-corrected chi connectivity index (χ4v) is 2.19. The van der Waals surface area contributed by atoms with Crippen LogP contribution >= 0.6 is 0 Å². The van der Waals surface area contributed by atoms with Gasteiger partial charge in [-0.1, -0.05) is 42.5 Å². The molecule has 0 heterocycles. The molecular formula is C15H11F. The Hall–Kier alpha value is -1.89. The molecule has 0 aromatic heterocycles. The van der Waals surface area contributed by atoms with Crippen LogP contribution in [0.2, 0.25) is 0 Å². The van der Waals surface area contributed by atoms with Crippen LogP contribution in [0.25, 0.3) is 5.57 Å². The van der Waals surface area contributed by atoms with Crippen LogP contribution in [0, 0.1) is 5.82 Å². The second kappa shape index (κ2) is 3.60. The zero-order valence-corrected chi connectivity index (χ0v) is 8.78. The highest BCUT2D eigenvalue weighted by molar-refractivity contribution is 5.84. The molecule has 78 valence electrons. The van der Waals surface area contributed by atoms with Gasteiger partial charge in [-0.05, 0) is 40.8 Å².